The highest BCUT2D eigenvalue weighted by atomic mass is 19.1. The van der Waals surface area contributed by atoms with Crippen molar-refractivity contribution in [2.45, 2.75) is 6.10 Å². The maximum atomic E-state index is 13.2. The van der Waals surface area contributed by atoms with Gasteiger partial charge in [-0.05, 0) is 12.1 Å². The van der Waals surface area contributed by atoms with Gasteiger partial charge in [0.2, 0.25) is 0 Å². The minimum atomic E-state index is -0.801. The van der Waals surface area contributed by atoms with Gasteiger partial charge in [0.1, 0.15) is 18.5 Å². The van der Waals surface area contributed by atoms with E-state index < -0.39 is 17.7 Å². The molecule has 1 unspecified atom stereocenters. The zero-order valence-corrected chi connectivity index (χ0v) is 10.2. The molecule has 0 aliphatic heterocycles. The average Bonchev–Trinajstić information content (AvgIpc) is 2.36. The predicted molar refractivity (Wildman–Crippen MR) is 62.6 cm³/mol. The van der Waals surface area contributed by atoms with Gasteiger partial charge in [0, 0.05) is 26.3 Å². The van der Waals surface area contributed by atoms with Crippen LogP contribution in [0.4, 0.5) is 8.78 Å². The van der Waals surface area contributed by atoms with Gasteiger partial charge in [0.05, 0.1) is 6.61 Å². The number of ether oxygens (including phenoxy) is 2. The molecule has 0 saturated carbocycles. The van der Waals surface area contributed by atoms with Crippen molar-refractivity contribution in [1.82, 2.24) is 5.32 Å². The van der Waals surface area contributed by atoms with Crippen LogP contribution in [0.15, 0.2) is 18.2 Å². The van der Waals surface area contributed by atoms with Gasteiger partial charge in [-0.2, -0.15) is 0 Å². The largest absolute Gasteiger partial charge is 0.488 e. The molecule has 0 saturated heterocycles. The summed E-state index contributed by atoms with van der Waals surface area (Å²) >= 11 is 0. The minimum absolute atomic E-state index is 0.111. The molecule has 1 atom stereocenters. The molecule has 0 bridgehead atoms. The molecule has 0 spiro atoms. The summed E-state index contributed by atoms with van der Waals surface area (Å²) in [6.07, 6.45) is -0.801. The fourth-order valence-corrected chi connectivity index (χ4v) is 1.28. The monoisotopic (exact) mass is 261 g/mol. The van der Waals surface area contributed by atoms with Gasteiger partial charge >= 0.3 is 0 Å². The number of aliphatic hydroxyl groups excluding tert-OH is 1. The number of nitrogens with one attached hydrogen (secondary N) is 1. The van der Waals surface area contributed by atoms with E-state index in [1.807, 2.05) is 0 Å². The Balaban J connectivity index is 2.29. The second-order valence-corrected chi connectivity index (χ2v) is 3.74. The van der Waals surface area contributed by atoms with Gasteiger partial charge in [0.25, 0.3) is 0 Å². The molecule has 102 valence electrons. The molecule has 18 heavy (non-hydrogen) atoms. The molecule has 0 aliphatic carbocycles. The van der Waals surface area contributed by atoms with Crippen LogP contribution >= 0.6 is 0 Å². The Labute approximate surface area is 105 Å². The van der Waals surface area contributed by atoms with E-state index in [1.165, 1.54) is 0 Å². The zero-order chi connectivity index (χ0) is 13.4. The van der Waals surface area contributed by atoms with Crippen LogP contribution in [0, 0.1) is 11.6 Å². The van der Waals surface area contributed by atoms with Gasteiger partial charge < -0.3 is 19.9 Å². The van der Waals surface area contributed by atoms with E-state index in [4.69, 9.17) is 9.47 Å². The Bertz CT molecular complexity index is 363. The smallest absolute Gasteiger partial charge is 0.165 e. The van der Waals surface area contributed by atoms with Crippen LogP contribution in [0.5, 0.6) is 5.75 Å². The third kappa shape index (κ3) is 5.39. The van der Waals surface area contributed by atoms with Crippen molar-refractivity contribution < 1.29 is 23.4 Å². The lowest BCUT2D eigenvalue weighted by Crippen LogP contribution is -2.33. The number of rotatable bonds is 8. The molecular weight excluding hydrogens is 244 g/mol. The van der Waals surface area contributed by atoms with Gasteiger partial charge in [-0.15, -0.1) is 0 Å². The first-order valence-corrected chi connectivity index (χ1v) is 5.59. The lowest BCUT2D eigenvalue weighted by molar-refractivity contribution is 0.101. The summed E-state index contributed by atoms with van der Waals surface area (Å²) < 4.78 is 35.8. The SMILES string of the molecule is COCCNCC(O)COc1cc(F)ccc1F. The Morgan fingerprint density at radius 2 is 2.17 bits per heavy atom. The van der Waals surface area contributed by atoms with E-state index in [0.717, 1.165) is 18.2 Å². The van der Waals surface area contributed by atoms with Gasteiger partial charge in [-0.25, -0.2) is 8.78 Å². The molecule has 2 N–H and O–H groups in total. The van der Waals surface area contributed by atoms with E-state index in [9.17, 15) is 13.9 Å². The standard InChI is InChI=1S/C12H17F2NO3/c1-17-5-4-15-7-10(16)8-18-12-6-9(13)2-3-11(12)14/h2-3,6,10,15-16H,4-5,7-8H2,1H3. The highest BCUT2D eigenvalue weighted by molar-refractivity contribution is 5.24. The fraction of sp³-hybridized carbons (Fsp3) is 0.500. The molecule has 0 heterocycles. The van der Waals surface area contributed by atoms with Crippen molar-refractivity contribution in [3.63, 3.8) is 0 Å². The third-order valence-corrected chi connectivity index (χ3v) is 2.19. The van der Waals surface area contributed by atoms with Crippen LogP contribution in [0.25, 0.3) is 0 Å². The zero-order valence-electron chi connectivity index (χ0n) is 10.2. The number of aliphatic hydroxyl groups is 1. The fourth-order valence-electron chi connectivity index (χ4n) is 1.28. The predicted octanol–water partition coefficient (Wildman–Crippen LogP) is 0.940. The van der Waals surface area contributed by atoms with E-state index in [-0.39, 0.29) is 12.4 Å². The summed E-state index contributed by atoms with van der Waals surface area (Å²) in [5, 5.41) is 12.5. The van der Waals surface area contributed by atoms with Gasteiger partial charge in [0.15, 0.2) is 11.6 Å². The molecular formula is C12H17F2NO3. The maximum absolute atomic E-state index is 13.2. The summed E-state index contributed by atoms with van der Waals surface area (Å²) in [7, 11) is 1.58. The normalized spacial score (nSPS) is 12.4. The van der Waals surface area contributed by atoms with Crippen molar-refractivity contribution in [2.24, 2.45) is 0 Å². The minimum Gasteiger partial charge on any atom is -0.488 e. The molecule has 1 aromatic rings. The van der Waals surface area contributed by atoms with E-state index in [0.29, 0.717) is 19.7 Å². The number of benzene rings is 1. The molecule has 1 aromatic carbocycles. The van der Waals surface area contributed by atoms with Crippen LogP contribution in [-0.2, 0) is 4.74 Å². The maximum Gasteiger partial charge on any atom is 0.165 e. The van der Waals surface area contributed by atoms with Crippen LogP contribution in [0.3, 0.4) is 0 Å². The van der Waals surface area contributed by atoms with Crippen LogP contribution in [0.2, 0.25) is 0 Å². The first-order valence-electron chi connectivity index (χ1n) is 5.59. The number of hydrogen-bond donors (Lipinski definition) is 2. The molecule has 6 heteroatoms. The summed E-state index contributed by atoms with van der Waals surface area (Å²) in [6.45, 7) is 1.31. The van der Waals surface area contributed by atoms with Crippen molar-refractivity contribution >= 4 is 0 Å². The highest BCUT2D eigenvalue weighted by Gasteiger charge is 2.08. The first kappa shape index (κ1) is 14.8. The van der Waals surface area contributed by atoms with Crippen LogP contribution in [-0.4, -0.2) is 44.6 Å². The number of halogens is 2. The van der Waals surface area contributed by atoms with Crippen LogP contribution < -0.4 is 10.1 Å². The van der Waals surface area contributed by atoms with E-state index in [2.05, 4.69) is 5.32 Å². The Morgan fingerprint density at radius 1 is 1.39 bits per heavy atom. The second kappa shape index (κ2) is 7.97. The Kier molecular flexibility index (Phi) is 6.56. The summed E-state index contributed by atoms with van der Waals surface area (Å²) in [4.78, 5) is 0. The topological polar surface area (TPSA) is 50.7 Å². The van der Waals surface area contributed by atoms with E-state index >= 15 is 0 Å². The molecule has 0 aromatic heterocycles. The lowest BCUT2D eigenvalue weighted by atomic mass is 10.3. The summed E-state index contributed by atoms with van der Waals surface area (Å²) in [6, 6.07) is 2.93. The summed E-state index contributed by atoms with van der Waals surface area (Å²) in [5.74, 6) is -1.44. The molecule has 1 rings (SSSR count). The van der Waals surface area contributed by atoms with Crippen molar-refractivity contribution in [1.29, 1.82) is 0 Å². The van der Waals surface area contributed by atoms with Crippen molar-refractivity contribution in [3.05, 3.63) is 29.8 Å². The molecule has 0 amide bonds. The lowest BCUT2D eigenvalue weighted by Gasteiger charge is -2.13. The Morgan fingerprint density at radius 3 is 2.89 bits per heavy atom. The van der Waals surface area contributed by atoms with Gasteiger partial charge in [-0.1, -0.05) is 0 Å². The number of methoxy groups -OCH3 is 1. The first-order chi connectivity index (χ1) is 8.63. The number of hydrogen-bond acceptors (Lipinski definition) is 4. The Hall–Kier alpha value is -1.24. The van der Waals surface area contributed by atoms with Gasteiger partial charge in [-0.3, -0.25) is 0 Å². The molecule has 4 nitrogen and oxygen atoms in total. The average molecular weight is 261 g/mol. The van der Waals surface area contributed by atoms with Crippen LogP contribution in [0.1, 0.15) is 0 Å². The van der Waals surface area contributed by atoms with Crippen molar-refractivity contribution in [2.75, 3.05) is 33.4 Å². The quantitative estimate of drug-likeness (QED) is 0.684. The van der Waals surface area contributed by atoms with E-state index in [1.54, 1.807) is 7.11 Å². The van der Waals surface area contributed by atoms with Crippen molar-refractivity contribution in [3.8, 4) is 5.75 Å². The molecule has 0 radical (unpaired) electrons. The third-order valence-electron chi connectivity index (χ3n) is 2.19. The highest BCUT2D eigenvalue weighted by Crippen LogP contribution is 2.17. The second-order valence-electron chi connectivity index (χ2n) is 3.74. The molecule has 0 fully saturated rings. The molecule has 0 aliphatic rings. The summed E-state index contributed by atoms with van der Waals surface area (Å²) in [5.41, 5.74) is 0.